The van der Waals surface area contributed by atoms with E-state index in [0.29, 0.717) is 12.3 Å². The number of amides is 1. The monoisotopic (exact) mass is 503 g/mol. The summed E-state index contributed by atoms with van der Waals surface area (Å²) in [7, 11) is 0. The fraction of sp³-hybridized carbons (Fsp3) is 0.714. The molecule has 0 unspecified atom stereocenters. The smallest absolute Gasteiger partial charge is 0.348 e. The molecule has 4 rings (SSSR count). The van der Waals surface area contributed by atoms with E-state index >= 15 is 0 Å². The predicted octanol–water partition coefficient (Wildman–Crippen LogP) is 6.19. The molecule has 3 atom stereocenters. The van der Waals surface area contributed by atoms with E-state index in [0.717, 1.165) is 56.4 Å². The molecule has 2 fully saturated rings. The Morgan fingerprint density at radius 2 is 1.86 bits per heavy atom. The number of hydrogen-bond acceptors (Lipinski definition) is 5. The summed E-state index contributed by atoms with van der Waals surface area (Å²) in [5, 5.41) is 10.1. The maximum Gasteiger partial charge on any atom is 0.348 e. The van der Waals surface area contributed by atoms with Crippen LogP contribution in [0.2, 0.25) is 0 Å². The molecule has 7 heteroatoms. The molecule has 0 spiro atoms. The first-order chi connectivity index (χ1) is 16.5. The lowest BCUT2D eigenvalue weighted by atomic mass is 9.79. The highest BCUT2D eigenvalue weighted by molar-refractivity contribution is 7.14. The second kappa shape index (κ2) is 10.7. The summed E-state index contributed by atoms with van der Waals surface area (Å²) in [6.45, 7) is 12.0. The standard InChI is InChI=1S/C28H41NO5S/c1-17-6-11-22(18(2)14-17)26(30)29(23-15-24(28(3,4)5)35-25(23)27(31)32)19-7-9-20(10-8-19)34-21-12-13-33-16-21/h6,15,18-22H,7-14,16H2,1-5H3,(H,31,32)/t18-,19-,20-,21+,22+/m0/s1. The summed E-state index contributed by atoms with van der Waals surface area (Å²) in [6.07, 6.45) is 8.52. The van der Waals surface area contributed by atoms with Crippen molar-refractivity contribution in [3.63, 3.8) is 0 Å². The Hall–Kier alpha value is -1.70. The zero-order chi connectivity index (χ0) is 25.3. The van der Waals surface area contributed by atoms with Gasteiger partial charge in [0.05, 0.1) is 24.5 Å². The van der Waals surface area contributed by atoms with Gasteiger partial charge in [0, 0.05) is 23.4 Å². The first kappa shape index (κ1) is 26.4. The van der Waals surface area contributed by atoms with Crippen molar-refractivity contribution in [2.75, 3.05) is 18.1 Å². The van der Waals surface area contributed by atoms with E-state index in [-0.39, 0.29) is 46.3 Å². The van der Waals surface area contributed by atoms with Crippen molar-refractivity contribution in [2.24, 2.45) is 11.8 Å². The second-order valence-electron chi connectivity index (χ2n) is 11.7. The molecule has 0 bridgehead atoms. The Morgan fingerprint density at radius 3 is 2.43 bits per heavy atom. The lowest BCUT2D eigenvalue weighted by molar-refractivity contribution is -0.124. The van der Waals surface area contributed by atoms with Crippen LogP contribution in [-0.4, -0.2) is 48.4 Å². The van der Waals surface area contributed by atoms with Crippen molar-refractivity contribution < 1.29 is 24.2 Å². The molecule has 2 heterocycles. The van der Waals surface area contributed by atoms with Gasteiger partial charge in [0.25, 0.3) is 0 Å². The van der Waals surface area contributed by atoms with Gasteiger partial charge < -0.3 is 19.5 Å². The number of rotatable bonds is 6. The minimum atomic E-state index is -0.955. The Morgan fingerprint density at radius 1 is 1.14 bits per heavy atom. The van der Waals surface area contributed by atoms with Crippen LogP contribution >= 0.6 is 11.3 Å². The minimum absolute atomic E-state index is 0.0121. The number of ether oxygens (including phenoxy) is 2. The van der Waals surface area contributed by atoms with Gasteiger partial charge in [0.15, 0.2) is 0 Å². The molecular weight excluding hydrogens is 462 g/mol. The van der Waals surface area contributed by atoms with E-state index in [1.807, 2.05) is 11.0 Å². The van der Waals surface area contributed by atoms with Crippen LogP contribution in [0.3, 0.4) is 0 Å². The van der Waals surface area contributed by atoms with Crippen LogP contribution in [0.4, 0.5) is 5.69 Å². The van der Waals surface area contributed by atoms with Crippen molar-refractivity contribution in [1.29, 1.82) is 0 Å². The van der Waals surface area contributed by atoms with Crippen LogP contribution < -0.4 is 4.90 Å². The van der Waals surface area contributed by atoms with Crippen molar-refractivity contribution in [2.45, 2.75) is 103 Å². The zero-order valence-corrected chi connectivity index (χ0v) is 22.7. The summed E-state index contributed by atoms with van der Waals surface area (Å²) in [4.78, 5) is 29.7. The number of anilines is 1. The van der Waals surface area contributed by atoms with E-state index in [1.165, 1.54) is 16.9 Å². The molecule has 1 saturated heterocycles. The number of carboxylic acid groups (broad SMARTS) is 1. The molecule has 1 amide bonds. The van der Waals surface area contributed by atoms with Crippen LogP contribution in [0.25, 0.3) is 0 Å². The van der Waals surface area contributed by atoms with E-state index < -0.39 is 5.97 Å². The van der Waals surface area contributed by atoms with Crippen LogP contribution in [-0.2, 0) is 19.7 Å². The van der Waals surface area contributed by atoms with E-state index in [1.54, 1.807) is 0 Å². The number of carboxylic acids is 1. The summed E-state index contributed by atoms with van der Waals surface area (Å²) in [6, 6.07) is 1.96. The van der Waals surface area contributed by atoms with Gasteiger partial charge in [-0.05, 0) is 69.3 Å². The van der Waals surface area contributed by atoms with Crippen molar-refractivity contribution in [3.05, 3.63) is 27.5 Å². The average molecular weight is 504 g/mol. The number of thiophene rings is 1. The summed E-state index contributed by atoms with van der Waals surface area (Å²) >= 11 is 1.31. The van der Waals surface area contributed by atoms with Crippen LogP contribution in [0.15, 0.2) is 17.7 Å². The fourth-order valence-corrected chi connectivity index (χ4v) is 6.77. The van der Waals surface area contributed by atoms with E-state index in [2.05, 4.69) is 40.7 Å². The maximum atomic E-state index is 14.2. The molecule has 1 aromatic heterocycles. The van der Waals surface area contributed by atoms with Gasteiger partial charge in [0.1, 0.15) is 4.88 Å². The number of hydrogen-bond donors (Lipinski definition) is 1. The molecule has 194 valence electrons. The second-order valence-corrected chi connectivity index (χ2v) is 12.8. The first-order valence-electron chi connectivity index (χ1n) is 13.1. The van der Waals surface area contributed by atoms with E-state index in [9.17, 15) is 14.7 Å². The van der Waals surface area contributed by atoms with Crippen molar-refractivity contribution >= 4 is 28.9 Å². The van der Waals surface area contributed by atoms with Gasteiger partial charge >= 0.3 is 5.97 Å². The van der Waals surface area contributed by atoms with E-state index in [4.69, 9.17) is 9.47 Å². The molecule has 35 heavy (non-hydrogen) atoms. The molecule has 0 radical (unpaired) electrons. The molecule has 1 saturated carbocycles. The largest absolute Gasteiger partial charge is 0.477 e. The molecule has 1 N–H and O–H groups in total. The Balaban J connectivity index is 1.63. The van der Waals surface area contributed by atoms with Gasteiger partial charge in [-0.3, -0.25) is 4.79 Å². The van der Waals surface area contributed by atoms with Gasteiger partial charge in [-0.2, -0.15) is 0 Å². The molecule has 3 aliphatic rings. The van der Waals surface area contributed by atoms with Gasteiger partial charge in [0.2, 0.25) is 5.91 Å². The Bertz CT molecular complexity index is 947. The van der Waals surface area contributed by atoms with Crippen molar-refractivity contribution in [3.8, 4) is 0 Å². The van der Waals surface area contributed by atoms with Gasteiger partial charge in [-0.1, -0.05) is 39.3 Å². The quantitative estimate of drug-likeness (QED) is 0.469. The fourth-order valence-electron chi connectivity index (χ4n) is 5.73. The number of aromatic carboxylic acids is 1. The molecule has 1 aliphatic heterocycles. The van der Waals surface area contributed by atoms with Crippen molar-refractivity contribution in [1.82, 2.24) is 0 Å². The maximum absolute atomic E-state index is 14.2. The Kier molecular flexibility index (Phi) is 8.08. The molecule has 1 aromatic rings. The number of carbonyl (C=O) groups is 2. The highest BCUT2D eigenvalue weighted by atomic mass is 32.1. The minimum Gasteiger partial charge on any atom is -0.477 e. The van der Waals surface area contributed by atoms with Crippen LogP contribution in [0.1, 0.15) is 94.1 Å². The predicted molar refractivity (Wildman–Crippen MR) is 139 cm³/mol. The normalized spacial score (nSPS) is 29.6. The number of allylic oxidation sites excluding steroid dienone is 2. The number of nitrogens with zero attached hydrogens (tertiary/aromatic N) is 1. The third-order valence-electron chi connectivity index (χ3n) is 7.79. The molecule has 2 aliphatic carbocycles. The number of carbonyl (C=O) groups excluding carboxylic acids is 1. The summed E-state index contributed by atoms with van der Waals surface area (Å²) in [5.74, 6) is -0.756. The Labute approximate surface area is 213 Å². The zero-order valence-electron chi connectivity index (χ0n) is 21.8. The lowest BCUT2D eigenvalue weighted by Gasteiger charge is -2.40. The molecular formula is C28H41NO5S. The highest BCUT2D eigenvalue weighted by Crippen LogP contribution is 2.42. The average Bonchev–Trinajstić information content (AvgIpc) is 3.45. The molecule has 0 aromatic carbocycles. The SMILES string of the molecule is CC1=CC[C@@H](C(=O)N(c2cc(C(C)(C)C)sc2C(=O)O)[C@H]2CC[C@H](O[C@@H]3CCOC3)CC2)[C@@H](C)C1. The third-order valence-corrected chi connectivity index (χ3v) is 9.33. The summed E-state index contributed by atoms with van der Waals surface area (Å²) < 4.78 is 11.7. The van der Waals surface area contributed by atoms with Crippen LogP contribution in [0, 0.1) is 11.8 Å². The third kappa shape index (κ3) is 6.00. The first-order valence-corrected chi connectivity index (χ1v) is 14.0. The molecule has 6 nitrogen and oxygen atoms in total. The highest BCUT2D eigenvalue weighted by Gasteiger charge is 2.39. The van der Waals surface area contributed by atoms with Gasteiger partial charge in [-0.25, -0.2) is 4.79 Å². The summed E-state index contributed by atoms with van der Waals surface area (Å²) in [5.41, 5.74) is 1.73. The van der Waals surface area contributed by atoms with Gasteiger partial charge in [-0.15, -0.1) is 11.3 Å². The topological polar surface area (TPSA) is 76.1 Å². The lowest BCUT2D eigenvalue weighted by Crippen LogP contribution is -2.48. The van der Waals surface area contributed by atoms with Crippen LogP contribution in [0.5, 0.6) is 0 Å².